The zero-order valence-electron chi connectivity index (χ0n) is 11.0. The summed E-state index contributed by atoms with van der Waals surface area (Å²) in [6.07, 6.45) is 1.30. The molecule has 2 aromatic rings. The Balaban J connectivity index is 2.26. The molecule has 0 aliphatic rings. The summed E-state index contributed by atoms with van der Waals surface area (Å²) in [6.45, 7) is 0. The third-order valence-electron chi connectivity index (χ3n) is 2.66. The first-order valence-electron chi connectivity index (χ1n) is 5.86. The maximum atomic E-state index is 13.5. The smallest absolute Gasteiger partial charge is 0.338 e. The third kappa shape index (κ3) is 3.14. The van der Waals surface area contributed by atoms with E-state index in [-0.39, 0.29) is 22.7 Å². The van der Waals surface area contributed by atoms with Crippen LogP contribution in [0.2, 0.25) is 0 Å². The molecule has 0 radical (unpaired) electrons. The van der Waals surface area contributed by atoms with Crippen molar-refractivity contribution >= 4 is 17.6 Å². The van der Waals surface area contributed by atoms with Crippen molar-refractivity contribution in [3.05, 3.63) is 53.6 Å². The molecule has 0 bridgehead atoms. The van der Waals surface area contributed by atoms with Crippen molar-refractivity contribution in [1.29, 1.82) is 0 Å². The fourth-order valence-electron chi connectivity index (χ4n) is 1.69. The van der Waals surface area contributed by atoms with Crippen molar-refractivity contribution in [2.24, 2.45) is 0 Å². The van der Waals surface area contributed by atoms with E-state index in [1.807, 2.05) is 0 Å². The van der Waals surface area contributed by atoms with Gasteiger partial charge in [0.15, 0.2) is 11.6 Å². The fourth-order valence-corrected chi connectivity index (χ4v) is 1.69. The van der Waals surface area contributed by atoms with Crippen LogP contribution in [0.4, 0.5) is 10.1 Å². The Hall–Kier alpha value is -2.96. The number of carbonyl (C=O) groups excluding carboxylic acids is 1. The number of nitrogens with zero attached hydrogens (tertiary/aromatic N) is 1. The number of hydrogen-bond acceptors (Lipinski definition) is 4. The summed E-state index contributed by atoms with van der Waals surface area (Å²) in [7, 11) is 1.32. The highest BCUT2D eigenvalue weighted by atomic mass is 19.1. The number of pyridine rings is 1. The van der Waals surface area contributed by atoms with Crippen molar-refractivity contribution in [1.82, 2.24) is 4.98 Å². The maximum Gasteiger partial charge on any atom is 0.338 e. The standard InChI is InChI=1S/C14H11FN2O4/c1-21-11-5-4-8(7-10(11)15)17-13(18)12-9(14(19)20)3-2-6-16-12/h2-7H,1H3,(H,17,18)(H,19,20). The van der Waals surface area contributed by atoms with Crippen LogP contribution in [0.25, 0.3) is 0 Å². The van der Waals surface area contributed by atoms with Crippen molar-refractivity contribution in [2.45, 2.75) is 0 Å². The second-order valence-corrected chi connectivity index (χ2v) is 4.01. The number of rotatable bonds is 4. The van der Waals surface area contributed by atoms with Gasteiger partial charge < -0.3 is 15.2 Å². The van der Waals surface area contributed by atoms with Gasteiger partial charge in [-0.1, -0.05) is 0 Å². The molecule has 0 aliphatic carbocycles. The predicted octanol–water partition coefficient (Wildman–Crippen LogP) is 2.18. The molecule has 1 amide bonds. The maximum absolute atomic E-state index is 13.5. The van der Waals surface area contributed by atoms with E-state index >= 15 is 0 Å². The Kier molecular flexibility index (Phi) is 4.13. The number of hydrogen-bond donors (Lipinski definition) is 2. The van der Waals surface area contributed by atoms with Crippen LogP contribution in [0.15, 0.2) is 36.5 Å². The first kappa shape index (κ1) is 14.4. The van der Waals surface area contributed by atoms with Crippen LogP contribution in [0.5, 0.6) is 5.75 Å². The number of halogens is 1. The molecule has 21 heavy (non-hydrogen) atoms. The fraction of sp³-hybridized carbons (Fsp3) is 0.0714. The van der Waals surface area contributed by atoms with Gasteiger partial charge in [-0.05, 0) is 24.3 Å². The number of carbonyl (C=O) groups is 2. The van der Waals surface area contributed by atoms with Crippen LogP contribution in [0.3, 0.4) is 0 Å². The number of amides is 1. The van der Waals surface area contributed by atoms with E-state index in [1.165, 1.54) is 37.6 Å². The Bertz CT molecular complexity index is 703. The monoisotopic (exact) mass is 290 g/mol. The SMILES string of the molecule is COc1ccc(NC(=O)c2ncccc2C(=O)O)cc1F. The summed E-state index contributed by atoms with van der Waals surface area (Å²) < 4.78 is 18.3. The van der Waals surface area contributed by atoms with Crippen molar-refractivity contribution < 1.29 is 23.8 Å². The lowest BCUT2D eigenvalue weighted by Crippen LogP contribution is -2.18. The minimum Gasteiger partial charge on any atom is -0.494 e. The molecule has 0 unspecified atom stereocenters. The van der Waals surface area contributed by atoms with E-state index in [0.717, 1.165) is 6.07 Å². The number of methoxy groups -OCH3 is 1. The molecular weight excluding hydrogens is 279 g/mol. The first-order valence-corrected chi connectivity index (χ1v) is 5.86. The van der Waals surface area contributed by atoms with E-state index < -0.39 is 17.7 Å². The van der Waals surface area contributed by atoms with E-state index in [1.54, 1.807) is 0 Å². The van der Waals surface area contributed by atoms with E-state index in [2.05, 4.69) is 10.3 Å². The number of carboxylic acids is 1. The van der Waals surface area contributed by atoms with Gasteiger partial charge in [0.25, 0.3) is 5.91 Å². The molecule has 1 aromatic heterocycles. The zero-order chi connectivity index (χ0) is 15.4. The van der Waals surface area contributed by atoms with Gasteiger partial charge in [0.1, 0.15) is 5.69 Å². The second kappa shape index (κ2) is 6.00. The molecule has 0 saturated carbocycles. The minimum absolute atomic E-state index is 0.0389. The molecule has 0 spiro atoms. The molecule has 7 heteroatoms. The largest absolute Gasteiger partial charge is 0.494 e. The van der Waals surface area contributed by atoms with Crippen LogP contribution in [-0.2, 0) is 0 Å². The molecular formula is C14H11FN2O4. The molecule has 1 heterocycles. The number of carboxylic acid groups (broad SMARTS) is 1. The highest BCUT2D eigenvalue weighted by molar-refractivity contribution is 6.09. The number of anilines is 1. The van der Waals surface area contributed by atoms with Crippen LogP contribution in [-0.4, -0.2) is 29.1 Å². The number of aromatic carboxylic acids is 1. The van der Waals surface area contributed by atoms with Crippen LogP contribution in [0, 0.1) is 5.82 Å². The number of aromatic nitrogens is 1. The van der Waals surface area contributed by atoms with Crippen LogP contribution in [0.1, 0.15) is 20.8 Å². The average molecular weight is 290 g/mol. The van der Waals surface area contributed by atoms with E-state index in [9.17, 15) is 14.0 Å². The predicted molar refractivity (Wildman–Crippen MR) is 72.1 cm³/mol. The number of benzene rings is 1. The number of nitrogens with one attached hydrogen (secondary N) is 1. The summed E-state index contributed by atoms with van der Waals surface area (Å²) in [6, 6.07) is 6.52. The minimum atomic E-state index is -1.27. The zero-order valence-corrected chi connectivity index (χ0v) is 11.0. The van der Waals surface area contributed by atoms with Gasteiger partial charge in [-0.25, -0.2) is 9.18 Å². The van der Waals surface area contributed by atoms with Crippen LogP contribution < -0.4 is 10.1 Å². The van der Waals surface area contributed by atoms with Gasteiger partial charge in [-0.3, -0.25) is 9.78 Å². The molecule has 0 saturated heterocycles. The topological polar surface area (TPSA) is 88.5 Å². The molecule has 2 N–H and O–H groups in total. The van der Waals surface area contributed by atoms with Crippen molar-refractivity contribution in [3.63, 3.8) is 0 Å². The molecule has 6 nitrogen and oxygen atoms in total. The Morgan fingerprint density at radius 1 is 1.33 bits per heavy atom. The van der Waals surface area contributed by atoms with Gasteiger partial charge in [-0.2, -0.15) is 0 Å². The Morgan fingerprint density at radius 2 is 2.10 bits per heavy atom. The van der Waals surface area contributed by atoms with Gasteiger partial charge in [0.05, 0.1) is 12.7 Å². The first-order chi connectivity index (χ1) is 10.0. The molecule has 0 fully saturated rings. The Labute approximate surface area is 119 Å². The second-order valence-electron chi connectivity index (χ2n) is 4.01. The number of ether oxygens (including phenoxy) is 1. The van der Waals surface area contributed by atoms with Gasteiger partial charge in [-0.15, -0.1) is 0 Å². The summed E-state index contributed by atoms with van der Waals surface area (Å²) in [5.74, 6) is -2.61. The summed E-state index contributed by atoms with van der Waals surface area (Å²) in [4.78, 5) is 26.8. The quantitative estimate of drug-likeness (QED) is 0.901. The average Bonchev–Trinajstić information content (AvgIpc) is 2.47. The van der Waals surface area contributed by atoms with E-state index in [0.29, 0.717) is 0 Å². The summed E-state index contributed by atoms with van der Waals surface area (Å²) in [5, 5.41) is 11.4. The summed E-state index contributed by atoms with van der Waals surface area (Å²) in [5.41, 5.74) is -0.314. The highest BCUT2D eigenvalue weighted by Crippen LogP contribution is 2.21. The normalized spacial score (nSPS) is 10.0. The summed E-state index contributed by atoms with van der Waals surface area (Å²) >= 11 is 0. The molecule has 1 aromatic carbocycles. The van der Waals surface area contributed by atoms with Crippen molar-refractivity contribution in [3.8, 4) is 5.75 Å². The van der Waals surface area contributed by atoms with Crippen molar-refractivity contribution in [2.75, 3.05) is 12.4 Å². The van der Waals surface area contributed by atoms with E-state index in [4.69, 9.17) is 9.84 Å². The van der Waals surface area contributed by atoms with Crippen LogP contribution >= 0.6 is 0 Å². The molecule has 2 rings (SSSR count). The molecule has 0 atom stereocenters. The van der Waals surface area contributed by atoms with Gasteiger partial charge in [0, 0.05) is 18.0 Å². The van der Waals surface area contributed by atoms with Gasteiger partial charge in [0.2, 0.25) is 0 Å². The van der Waals surface area contributed by atoms with Gasteiger partial charge >= 0.3 is 5.97 Å². The highest BCUT2D eigenvalue weighted by Gasteiger charge is 2.18. The molecule has 0 aliphatic heterocycles. The third-order valence-corrected chi connectivity index (χ3v) is 2.66. The molecule has 108 valence electrons. The lowest BCUT2D eigenvalue weighted by molar-refractivity contribution is 0.0691. The lowest BCUT2D eigenvalue weighted by Gasteiger charge is -2.08. The lowest BCUT2D eigenvalue weighted by atomic mass is 10.2. The Morgan fingerprint density at radius 3 is 2.71 bits per heavy atom.